The summed E-state index contributed by atoms with van der Waals surface area (Å²) in [5, 5.41) is 8.58. The molecule has 1 aromatic carbocycles. The Kier molecular flexibility index (Phi) is 12.9. The van der Waals surface area contributed by atoms with Gasteiger partial charge in [0.1, 0.15) is 0 Å². The van der Waals surface area contributed by atoms with E-state index in [-0.39, 0.29) is 6.42 Å². The van der Waals surface area contributed by atoms with E-state index in [1.54, 1.807) is 0 Å². The lowest BCUT2D eigenvalue weighted by atomic mass is 10.1. The van der Waals surface area contributed by atoms with E-state index in [9.17, 15) is 4.79 Å². The van der Waals surface area contributed by atoms with Crippen LogP contribution in [0.3, 0.4) is 0 Å². The molecule has 0 fully saturated rings. The Balaban J connectivity index is 0. The molecule has 0 heterocycles. The van der Waals surface area contributed by atoms with Crippen LogP contribution in [0.1, 0.15) is 45.7 Å². The van der Waals surface area contributed by atoms with Crippen LogP contribution in [0.2, 0.25) is 0 Å². The Labute approximate surface area is 126 Å². The summed E-state index contributed by atoms with van der Waals surface area (Å²) in [6.07, 6.45) is -0.0666. The largest absolute Gasteiger partial charge is 0.481 e. The molecule has 0 aromatic heterocycles. The van der Waals surface area contributed by atoms with Crippen molar-refractivity contribution >= 4 is 37.8 Å². The lowest BCUT2D eigenvalue weighted by Gasteiger charge is -2.10. The van der Waals surface area contributed by atoms with Crippen molar-refractivity contribution in [3.63, 3.8) is 0 Å². The molecule has 104 valence electrons. The van der Waals surface area contributed by atoms with E-state index < -0.39 is 12.0 Å². The van der Waals surface area contributed by atoms with Crippen LogP contribution in [0.4, 0.5) is 0 Å². The summed E-state index contributed by atoms with van der Waals surface area (Å²) >= 11 is 6.63. The van der Waals surface area contributed by atoms with Crippen molar-refractivity contribution in [2.45, 2.75) is 40.2 Å². The molecule has 0 saturated carbocycles. The van der Waals surface area contributed by atoms with Crippen molar-refractivity contribution in [1.82, 2.24) is 0 Å². The van der Waals surface area contributed by atoms with Crippen LogP contribution < -0.4 is 5.73 Å². The van der Waals surface area contributed by atoms with Gasteiger partial charge in [-0.1, -0.05) is 59.6 Å². The second kappa shape index (κ2) is 11.7. The average molecular weight is 383 g/mol. The van der Waals surface area contributed by atoms with Gasteiger partial charge in [0.05, 0.1) is 6.42 Å². The second-order valence-corrected chi connectivity index (χ2v) is 4.74. The molecule has 1 rings (SSSR count). The van der Waals surface area contributed by atoms with E-state index in [0.29, 0.717) is 0 Å². The molecular weight excluding hydrogens is 362 g/mol. The van der Waals surface area contributed by atoms with Gasteiger partial charge >= 0.3 is 5.97 Å². The molecular formula is C13H21Br2NO2. The number of carboxylic acids is 1. The first-order chi connectivity index (χ1) is 8.49. The third-order valence-corrected chi connectivity index (χ3v) is 2.62. The molecule has 0 aliphatic carbocycles. The van der Waals surface area contributed by atoms with Gasteiger partial charge in [-0.2, -0.15) is 0 Å². The fourth-order valence-electron chi connectivity index (χ4n) is 1.10. The summed E-state index contributed by atoms with van der Waals surface area (Å²) in [5.74, 6) is -0.895. The molecule has 3 nitrogen and oxygen atoms in total. The van der Waals surface area contributed by atoms with E-state index >= 15 is 0 Å². The minimum Gasteiger partial charge on any atom is -0.481 e. The van der Waals surface area contributed by atoms with E-state index in [1.807, 2.05) is 45.9 Å². The summed E-state index contributed by atoms with van der Waals surface area (Å²) in [4.78, 5) is 10.4. The zero-order valence-corrected chi connectivity index (χ0v) is 14.4. The van der Waals surface area contributed by atoms with Crippen LogP contribution in [0.5, 0.6) is 0 Å². The summed E-state index contributed by atoms with van der Waals surface area (Å²) < 4.78 is 1.76. The Bertz CT molecular complexity index is 337. The molecule has 0 aliphatic heterocycles. The second-order valence-electron chi connectivity index (χ2n) is 2.91. The number of hydrogen-bond donors (Lipinski definition) is 2. The monoisotopic (exact) mass is 381 g/mol. The normalized spacial score (nSPS) is 10.4. The van der Waals surface area contributed by atoms with Gasteiger partial charge in [-0.3, -0.25) is 4.79 Å². The summed E-state index contributed by atoms with van der Waals surface area (Å²) in [6, 6.07) is 5.04. The molecule has 0 radical (unpaired) electrons. The number of aliphatic carboxylic acids is 1. The maximum absolute atomic E-state index is 10.4. The average Bonchev–Trinajstić information content (AvgIpc) is 2.32. The van der Waals surface area contributed by atoms with Crippen LogP contribution in [0.25, 0.3) is 0 Å². The van der Waals surface area contributed by atoms with Gasteiger partial charge in [-0.05, 0) is 23.8 Å². The van der Waals surface area contributed by atoms with Crippen LogP contribution in [-0.2, 0) is 4.79 Å². The highest BCUT2D eigenvalue weighted by Crippen LogP contribution is 2.24. The zero-order chi connectivity index (χ0) is 14.7. The SMILES string of the molecule is CC.CC.NC(CC(=O)O)c1cc(Br)cc(Br)c1. The highest BCUT2D eigenvalue weighted by molar-refractivity contribution is 9.11. The Morgan fingerprint density at radius 3 is 1.89 bits per heavy atom. The molecule has 18 heavy (non-hydrogen) atoms. The number of carbonyl (C=O) groups is 1. The van der Waals surface area contributed by atoms with E-state index in [0.717, 1.165) is 14.5 Å². The minimum absolute atomic E-state index is 0.0666. The van der Waals surface area contributed by atoms with Gasteiger partial charge in [0, 0.05) is 15.0 Å². The van der Waals surface area contributed by atoms with Gasteiger partial charge in [0.15, 0.2) is 0 Å². The summed E-state index contributed by atoms with van der Waals surface area (Å²) in [6.45, 7) is 8.00. The van der Waals surface area contributed by atoms with E-state index in [2.05, 4.69) is 31.9 Å². The maximum atomic E-state index is 10.4. The van der Waals surface area contributed by atoms with Crippen LogP contribution in [0.15, 0.2) is 27.1 Å². The molecule has 0 aliphatic rings. The van der Waals surface area contributed by atoms with Crippen molar-refractivity contribution in [3.05, 3.63) is 32.7 Å². The van der Waals surface area contributed by atoms with Crippen molar-refractivity contribution in [3.8, 4) is 0 Å². The van der Waals surface area contributed by atoms with Gasteiger partial charge in [0.2, 0.25) is 0 Å². The Morgan fingerprint density at radius 1 is 1.17 bits per heavy atom. The fraction of sp³-hybridized carbons (Fsp3) is 0.462. The standard InChI is InChI=1S/C9H9Br2NO2.2C2H6/c10-6-1-5(2-7(11)3-6)8(12)4-9(13)14;2*1-2/h1-3,8H,4,12H2,(H,13,14);2*1-2H3. The van der Waals surface area contributed by atoms with Gasteiger partial charge < -0.3 is 10.8 Å². The lowest BCUT2D eigenvalue weighted by Crippen LogP contribution is -2.14. The molecule has 0 spiro atoms. The molecule has 1 atom stereocenters. The van der Waals surface area contributed by atoms with Crippen molar-refractivity contribution in [2.24, 2.45) is 5.73 Å². The number of hydrogen-bond acceptors (Lipinski definition) is 2. The Hall–Kier alpha value is -0.390. The Morgan fingerprint density at radius 2 is 1.56 bits per heavy atom. The summed E-state index contributed by atoms with van der Waals surface area (Å²) in [7, 11) is 0. The number of benzene rings is 1. The highest BCUT2D eigenvalue weighted by Gasteiger charge is 2.11. The molecule has 3 N–H and O–H groups in total. The maximum Gasteiger partial charge on any atom is 0.305 e. The van der Waals surface area contributed by atoms with E-state index in [4.69, 9.17) is 10.8 Å². The molecule has 0 amide bonds. The topological polar surface area (TPSA) is 63.3 Å². The molecule has 5 heteroatoms. The van der Waals surface area contributed by atoms with Crippen LogP contribution in [0, 0.1) is 0 Å². The number of carboxylic acid groups (broad SMARTS) is 1. The molecule has 0 bridgehead atoms. The fourth-order valence-corrected chi connectivity index (χ4v) is 2.42. The number of nitrogens with two attached hydrogens (primary N) is 1. The van der Waals surface area contributed by atoms with Crippen molar-refractivity contribution in [2.75, 3.05) is 0 Å². The number of halogens is 2. The van der Waals surface area contributed by atoms with Crippen molar-refractivity contribution in [1.29, 1.82) is 0 Å². The van der Waals surface area contributed by atoms with Gasteiger partial charge in [-0.25, -0.2) is 0 Å². The molecule has 0 saturated heterocycles. The summed E-state index contributed by atoms with van der Waals surface area (Å²) in [5.41, 5.74) is 6.51. The van der Waals surface area contributed by atoms with Gasteiger partial charge in [-0.15, -0.1) is 0 Å². The van der Waals surface area contributed by atoms with Crippen LogP contribution >= 0.6 is 31.9 Å². The third-order valence-electron chi connectivity index (χ3n) is 1.71. The molecule has 1 unspecified atom stereocenters. The third kappa shape index (κ3) is 8.66. The van der Waals surface area contributed by atoms with Gasteiger partial charge in [0.25, 0.3) is 0 Å². The smallest absolute Gasteiger partial charge is 0.305 e. The minimum atomic E-state index is -0.895. The zero-order valence-electron chi connectivity index (χ0n) is 11.2. The lowest BCUT2D eigenvalue weighted by molar-refractivity contribution is -0.137. The number of rotatable bonds is 3. The van der Waals surface area contributed by atoms with Crippen LogP contribution in [-0.4, -0.2) is 11.1 Å². The quantitative estimate of drug-likeness (QED) is 0.793. The first kappa shape index (κ1) is 19.9. The predicted octanol–water partition coefficient (Wildman–Crippen LogP) is 4.74. The first-order valence-electron chi connectivity index (χ1n) is 5.92. The highest BCUT2D eigenvalue weighted by atomic mass is 79.9. The molecule has 1 aromatic rings. The first-order valence-corrected chi connectivity index (χ1v) is 7.51. The van der Waals surface area contributed by atoms with E-state index in [1.165, 1.54) is 0 Å². The van der Waals surface area contributed by atoms with Crippen molar-refractivity contribution < 1.29 is 9.90 Å². The predicted molar refractivity (Wildman–Crippen MR) is 83.7 cm³/mol.